The molecule has 2 heterocycles. The zero-order chi connectivity index (χ0) is 25.7. The number of benzene rings is 2. The van der Waals surface area contributed by atoms with Crippen molar-refractivity contribution in [3.63, 3.8) is 0 Å². The highest BCUT2D eigenvalue weighted by Gasteiger charge is 2.21. The fourth-order valence-electron chi connectivity index (χ4n) is 3.72. The van der Waals surface area contributed by atoms with E-state index in [9.17, 15) is 13.8 Å². The summed E-state index contributed by atoms with van der Waals surface area (Å²) in [6.07, 6.45) is 1.96. The lowest BCUT2D eigenvalue weighted by Gasteiger charge is -2.15. The second-order valence-corrected chi connectivity index (χ2v) is 11.4. The van der Waals surface area contributed by atoms with Gasteiger partial charge >= 0.3 is 0 Å². The standard InChI is InChI=1S/C25H25ClFN4O4P/c1-3-35-36(2,33)14-24(32)31-22-12-19-23(10-17(22)5-4-16-8-9-34-13-16)28-15-29-25(19)30-18-6-7-21(27)20(26)11-18/h6-7,10-12,15-16H,3,8-9,13-14H2,1-2H3,(H,31,32)(H,28,29,30)/t16-,36?/m1/s1. The van der Waals surface area contributed by atoms with Crippen LogP contribution >= 0.6 is 19.0 Å². The molecule has 3 aromatic rings. The number of carbonyl (C=O) groups excluding carboxylic acids is 1. The number of ether oxygens (including phenoxy) is 1. The number of hydrogen-bond acceptors (Lipinski definition) is 7. The molecule has 4 rings (SSSR count). The van der Waals surface area contributed by atoms with Crippen LogP contribution in [0.5, 0.6) is 0 Å². The lowest BCUT2D eigenvalue weighted by molar-refractivity contribution is -0.114. The van der Waals surface area contributed by atoms with Crippen LogP contribution in [0.3, 0.4) is 0 Å². The van der Waals surface area contributed by atoms with E-state index in [1.165, 1.54) is 31.2 Å². The average molecular weight is 531 g/mol. The molecule has 1 aliphatic rings. The van der Waals surface area contributed by atoms with Crippen LogP contribution in [-0.2, 0) is 18.6 Å². The number of carbonyl (C=O) groups is 1. The molecule has 1 aliphatic heterocycles. The Kier molecular flexibility index (Phi) is 8.22. The first-order valence-electron chi connectivity index (χ1n) is 11.3. The minimum atomic E-state index is -3.09. The Hall–Kier alpha value is -3.02. The number of aromatic nitrogens is 2. The molecule has 2 atom stereocenters. The van der Waals surface area contributed by atoms with Gasteiger partial charge in [0.1, 0.15) is 24.1 Å². The minimum Gasteiger partial charge on any atom is -0.380 e. The van der Waals surface area contributed by atoms with Gasteiger partial charge in [-0.25, -0.2) is 14.4 Å². The van der Waals surface area contributed by atoms with Crippen molar-refractivity contribution >= 4 is 53.0 Å². The molecular formula is C25H25ClFN4O4P. The van der Waals surface area contributed by atoms with Crippen molar-refractivity contribution in [2.45, 2.75) is 13.3 Å². The first kappa shape index (κ1) is 26.1. The summed E-state index contributed by atoms with van der Waals surface area (Å²) in [6.45, 7) is 4.63. The number of nitrogens with one attached hydrogen (secondary N) is 2. The number of anilines is 3. The highest BCUT2D eigenvalue weighted by atomic mass is 35.5. The molecule has 188 valence electrons. The van der Waals surface area contributed by atoms with E-state index >= 15 is 0 Å². The van der Waals surface area contributed by atoms with Crippen molar-refractivity contribution in [2.24, 2.45) is 5.92 Å². The fourth-order valence-corrected chi connectivity index (χ4v) is 5.14. The topological polar surface area (TPSA) is 102 Å². The first-order chi connectivity index (χ1) is 17.2. The van der Waals surface area contributed by atoms with Crippen LogP contribution in [0.15, 0.2) is 36.7 Å². The number of fused-ring (bicyclic) bond motifs is 1. The molecule has 0 spiro atoms. The largest absolute Gasteiger partial charge is 0.380 e. The summed E-state index contributed by atoms with van der Waals surface area (Å²) in [4.78, 5) is 21.4. The highest BCUT2D eigenvalue weighted by molar-refractivity contribution is 7.59. The van der Waals surface area contributed by atoms with E-state index in [0.717, 1.165) is 6.42 Å². The van der Waals surface area contributed by atoms with Crippen LogP contribution in [0, 0.1) is 23.6 Å². The maximum atomic E-state index is 13.6. The summed E-state index contributed by atoms with van der Waals surface area (Å²) >= 11 is 5.91. The van der Waals surface area contributed by atoms with Gasteiger partial charge in [0.25, 0.3) is 0 Å². The lowest BCUT2D eigenvalue weighted by Crippen LogP contribution is -2.18. The molecule has 2 aromatic carbocycles. The Morgan fingerprint density at radius 1 is 1.33 bits per heavy atom. The minimum absolute atomic E-state index is 0.0296. The van der Waals surface area contributed by atoms with E-state index in [1.807, 2.05) is 0 Å². The molecular weight excluding hydrogens is 506 g/mol. The van der Waals surface area contributed by atoms with E-state index in [0.29, 0.717) is 46.9 Å². The molecule has 0 radical (unpaired) electrons. The van der Waals surface area contributed by atoms with Crippen molar-refractivity contribution in [3.05, 3.63) is 53.1 Å². The molecule has 1 unspecified atom stereocenters. The molecule has 1 fully saturated rings. The van der Waals surface area contributed by atoms with Crippen LogP contribution in [0.4, 0.5) is 21.6 Å². The molecule has 8 nitrogen and oxygen atoms in total. The molecule has 1 amide bonds. The van der Waals surface area contributed by atoms with Gasteiger partial charge in [-0.3, -0.25) is 9.36 Å². The van der Waals surface area contributed by atoms with Gasteiger partial charge < -0.3 is 19.9 Å². The van der Waals surface area contributed by atoms with E-state index in [2.05, 4.69) is 32.4 Å². The molecule has 1 saturated heterocycles. The molecule has 0 bridgehead atoms. The summed E-state index contributed by atoms with van der Waals surface area (Å²) in [5.41, 5.74) is 2.09. The van der Waals surface area contributed by atoms with Crippen molar-refractivity contribution in [1.82, 2.24) is 9.97 Å². The van der Waals surface area contributed by atoms with Crippen LogP contribution in [0.2, 0.25) is 5.02 Å². The summed E-state index contributed by atoms with van der Waals surface area (Å²) in [5.74, 6) is 5.87. The van der Waals surface area contributed by atoms with Gasteiger partial charge in [0.05, 0.1) is 35.0 Å². The van der Waals surface area contributed by atoms with Gasteiger partial charge in [-0.2, -0.15) is 0 Å². The van der Waals surface area contributed by atoms with Gasteiger partial charge in [0.15, 0.2) is 0 Å². The maximum Gasteiger partial charge on any atom is 0.234 e. The second kappa shape index (κ2) is 11.4. The summed E-state index contributed by atoms with van der Waals surface area (Å²) in [7, 11) is -3.09. The molecule has 1 aromatic heterocycles. The Morgan fingerprint density at radius 2 is 2.17 bits per heavy atom. The predicted octanol–water partition coefficient (Wildman–Crippen LogP) is 5.44. The van der Waals surface area contributed by atoms with Gasteiger partial charge in [0.2, 0.25) is 13.3 Å². The predicted molar refractivity (Wildman–Crippen MR) is 139 cm³/mol. The Morgan fingerprint density at radius 3 is 2.89 bits per heavy atom. The first-order valence-corrected chi connectivity index (χ1v) is 14.0. The molecule has 0 aliphatic carbocycles. The number of nitrogens with zero attached hydrogens (tertiary/aromatic N) is 2. The van der Waals surface area contributed by atoms with Crippen molar-refractivity contribution in [1.29, 1.82) is 0 Å². The van der Waals surface area contributed by atoms with E-state index in [-0.39, 0.29) is 23.7 Å². The third-order valence-electron chi connectivity index (χ3n) is 5.40. The molecule has 11 heteroatoms. The fraction of sp³-hybridized carbons (Fsp3) is 0.320. The summed E-state index contributed by atoms with van der Waals surface area (Å²) < 4.78 is 36.8. The van der Waals surface area contributed by atoms with E-state index in [1.54, 1.807) is 19.1 Å². The maximum absolute atomic E-state index is 13.6. The highest BCUT2D eigenvalue weighted by Crippen LogP contribution is 2.42. The number of halogens is 2. The van der Waals surface area contributed by atoms with E-state index < -0.39 is 19.1 Å². The monoisotopic (exact) mass is 530 g/mol. The van der Waals surface area contributed by atoms with Crippen LogP contribution < -0.4 is 10.6 Å². The number of amides is 1. The van der Waals surface area contributed by atoms with Crippen molar-refractivity contribution in [2.75, 3.05) is 43.3 Å². The third kappa shape index (κ3) is 6.59. The van der Waals surface area contributed by atoms with Gasteiger partial charge in [-0.05, 0) is 43.7 Å². The van der Waals surface area contributed by atoms with Crippen LogP contribution in [-0.4, -0.2) is 48.5 Å². The van der Waals surface area contributed by atoms with Gasteiger partial charge in [-0.15, -0.1) is 0 Å². The zero-order valence-corrected chi connectivity index (χ0v) is 21.5. The number of rotatable bonds is 7. The summed E-state index contributed by atoms with van der Waals surface area (Å²) in [6, 6.07) is 7.70. The normalized spacial score (nSPS) is 16.7. The quantitative estimate of drug-likeness (QED) is 0.310. The van der Waals surface area contributed by atoms with E-state index in [4.69, 9.17) is 20.9 Å². The molecule has 2 N–H and O–H groups in total. The smallest absolute Gasteiger partial charge is 0.234 e. The Bertz CT molecular complexity index is 1400. The van der Waals surface area contributed by atoms with Crippen molar-refractivity contribution in [3.8, 4) is 11.8 Å². The van der Waals surface area contributed by atoms with Gasteiger partial charge in [0, 0.05) is 30.3 Å². The molecule has 36 heavy (non-hydrogen) atoms. The summed E-state index contributed by atoms with van der Waals surface area (Å²) in [5, 5.41) is 6.50. The number of hydrogen-bond donors (Lipinski definition) is 2. The Labute approximate surface area is 213 Å². The Balaban J connectivity index is 1.72. The van der Waals surface area contributed by atoms with Crippen LogP contribution in [0.1, 0.15) is 18.9 Å². The molecule has 0 saturated carbocycles. The average Bonchev–Trinajstić information content (AvgIpc) is 3.34. The second-order valence-electron chi connectivity index (χ2n) is 8.36. The SMILES string of the molecule is CCOP(C)(=O)CC(=O)Nc1cc2c(Nc3ccc(F)c(Cl)c3)ncnc2cc1C#C[C@@H]1CCOC1. The van der Waals surface area contributed by atoms with Crippen LogP contribution in [0.25, 0.3) is 10.9 Å². The third-order valence-corrected chi connectivity index (χ3v) is 7.36. The van der Waals surface area contributed by atoms with Gasteiger partial charge in [-0.1, -0.05) is 23.4 Å². The van der Waals surface area contributed by atoms with Crippen molar-refractivity contribution < 1.29 is 23.0 Å². The zero-order valence-electron chi connectivity index (χ0n) is 19.8. The lowest BCUT2D eigenvalue weighted by atomic mass is 10.1.